The normalized spacial score (nSPS) is 20.7. The van der Waals surface area contributed by atoms with Crippen LogP contribution in [-0.4, -0.2) is 61.3 Å². The molecule has 9 nitrogen and oxygen atoms in total. The van der Waals surface area contributed by atoms with Crippen molar-refractivity contribution in [2.45, 2.75) is 44.9 Å². The van der Waals surface area contributed by atoms with Crippen LogP contribution in [0.25, 0.3) is 16.3 Å². The number of hydrogen-bond acceptors (Lipinski definition) is 8. The molecule has 3 saturated heterocycles. The van der Waals surface area contributed by atoms with Crippen molar-refractivity contribution >= 4 is 29.0 Å². The molecule has 154 valence electrons. The van der Waals surface area contributed by atoms with E-state index in [2.05, 4.69) is 20.9 Å². The average molecular weight is 424 g/mol. The molecular weight excluding hydrogens is 402 g/mol. The molecule has 2 atom stereocenters. The minimum Gasteiger partial charge on any atom is -0.444 e. The predicted octanol–water partition coefficient (Wildman–Crippen LogP) is 2.92. The molecular formula is C20H21N7O2S. The Morgan fingerprint density at radius 1 is 1.30 bits per heavy atom. The molecule has 0 spiro atoms. The summed E-state index contributed by atoms with van der Waals surface area (Å²) in [5.41, 5.74) is 1.27. The molecule has 0 aromatic carbocycles. The van der Waals surface area contributed by atoms with E-state index in [4.69, 9.17) is 9.84 Å². The van der Waals surface area contributed by atoms with Gasteiger partial charge in [-0.3, -0.25) is 4.90 Å². The molecule has 10 heteroatoms. The largest absolute Gasteiger partial charge is 0.444 e. The summed E-state index contributed by atoms with van der Waals surface area (Å²) < 4.78 is 7.24. The number of carbonyl (C=O) groups is 1. The minimum atomic E-state index is -0.510. The number of aromatic nitrogens is 4. The van der Waals surface area contributed by atoms with Crippen molar-refractivity contribution < 1.29 is 9.53 Å². The van der Waals surface area contributed by atoms with Crippen LogP contribution in [0.1, 0.15) is 32.8 Å². The standard InChI is InChI=1S/C20H21N7O2S/c1-20(2,3)29-19(28)26-13-8-14(26)11-25(10-13)18-23-16-12(9-21)4-5-15(27(16)24-18)17-22-6-7-30-17/h4-7,13-14H,8,10-11H2,1-3H3. The summed E-state index contributed by atoms with van der Waals surface area (Å²) in [6, 6.07) is 5.96. The summed E-state index contributed by atoms with van der Waals surface area (Å²) >= 11 is 1.51. The molecule has 0 radical (unpaired) electrons. The van der Waals surface area contributed by atoms with Crippen molar-refractivity contribution in [2.75, 3.05) is 18.0 Å². The maximum absolute atomic E-state index is 12.5. The lowest BCUT2D eigenvalue weighted by atomic mass is 9.88. The third kappa shape index (κ3) is 3.06. The summed E-state index contributed by atoms with van der Waals surface area (Å²) in [4.78, 5) is 25.4. The number of nitriles is 1. The van der Waals surface area contributed by atoms with Crippen molar-refractivity contribution in [3.63, 3.8) is 0 Å². The maximum atomic E-state index is 12.5. The van der Waals surface area contributed by atoms with Crippen LogP contribution >= 0.6 is 11.3 Å². The van der Waals surface area contributed by atoms with Gasteiger partial charge in [0.25, 0.3) is 0 Å². The number of ether oxygens (including phenoxy) is 1. The monoisotopic (exact) mass is 423 g/mol. The van der Waals surface area contributed by atoms with Crippen LogP contribution in [0.5, 0.6) is 0 Å². The fourth-order valence-corrected chi connectivity index (χ4v) is 4.72. The second-order valence-electron chi connectivity index (χ2n) is 8.56. The molecule has 3 aromatic heterocycles. The Bertz CT molecular complexity index is 1150. The van der Waals surface area contributed by atoms with Gasteiger partial charge in [0.1, 0.15) is 22.4 Å². The number of rotatable bonds is 2. The molecule has 3 aliphatic heterocycles. The fraction of sp³-hybridized carbons (Fsp3) is 0.450. The summed E-state index contributed by atoms with van der Waals surface area (Å²) in [5.74, 6) is 0.564. The number of nitrogens with zero attached hydrogens (tertiary/aromatic N) is 7. The molecule has 2 bridgehead atoms. The zero-order valence-electron chi connectivity index (χ0n) is 16.9. The lowest BCUT2D eigenvalue weighted by Gasteiger charge is -2.55. The van der Waals surface area contributed by atoms with E-state index in [0.717, 1.165) is 17.1 Å². The number of anilines is 1. The van der Waals surface area contributed by atoms with E-state index in [1.807, 2.05) is 37.1 Å². The van der Waals surface area contributed by atoms with Crippen LogP contribution in [0.4, 0.5) is 10.7 Å². The number of piperidine rings is 1. The highest BCUT2D eigenvalue weighted by Crippen LogP contribution is 2.35. The predicted molar refractivity (Wildman–Crippen MR) is 111 cm³/mol. The Morgan fingerprint density at radius 3 is 2.70 bits per heavy atom. The minimum absolute atomic E-state index is 0.0825. The van der Waals surface area contributed by atoms with Crippen LogP contribution in [-0.2, 0) is 4.74 Å². The molecule has 3 fully saturated rings. The first kappa shape index (κ1) is 18.8. The van der Waals surface area contributed by atoms with Gasteiger partial charge in [0.2, 0.25) is 5.95 Å². The lowest BCUT2D eigenvalue weighted by molar-refractivity contribution is -0.0381. The molecule has 0 N–H and O–H groups in total. The quantitative estimate of drug-likeness (QED) is 0.625. The third-order valence-corrected chi connectivity index (χ3v) is 6.12. The molecule has 2 unspecified atom stereocenters. The number of amides is 1. The van der Waals surface area contributed by atoms with Gasteiger partial charge in [0.15, 0.2) is 5.65 Å². The molecule has 0 aliphatic carbocycles. The van der Waals surface area contributed by atoms with Crippen LogP contribution in [0, 0.1) is 11.3 Å². The van der Waals surface area contributed by atoms with Gasteiger partial charge >= 0.3 is 6.09 Å². The van der Waals surface area contributed by atoms with Gasteiger partial charge in [-0.25, -0.2) is 14.3 Å². The van der Waals surface area contributed by atoms with Crippen LogP contribution < -0.4 is 4.90 Å². The SMILES string of the molecule is CC(C)(C)OC(=O)N1C2CC1CN(c1nc3c(C#N)ccc(-c4nccs4)n3n1)C2. The molecule has 6 rings (SSSR count). The smallest absolute Gasteiger partial charge is 0.410 e. The number of pyridine rings is 1. The number of piperazine rings is 1. The van der Waals surface area contributed by atoms with Crippen molar-refractivity contribution in [1.82, 2.24) is 24.5 Å². The second-order valence-corrected chi connectivity index (χ2v) is 9.46. The van der Waals surface area contributed by atoms with Crippen LogP contribution in [0.15, 0.2) is 23.7 Å². The average Bonchev–Trinajstić information content (AvgIpc) is 3.36. The second kappa shape index (κ2) is 6.67. The van der Waals surface area contributed by atoms with Gasteiger partial charge in [-0.05, 0) is 39.3 Å². The van der Waals surface area contributed by atoms with E-state index < -0.39 is 5.60 Å². The van der Waals surface area contributed by atoms with Crippen molar-refractivity contribution in [1.29, 1.82) is 5.26 Å². The highest BCUT2D eigenvalue weighted by atomic mass is 32.1. The van der Waals surface area contributed by atoms with E-state index in [-0.39, 0.29) is 18.2 Å². The zero-order valence-corrected chi connectivity index (χ0v) is 17.8. The molecule has 3 aromatic rings. The van der Waals surface area contributed by atoms with E-state index in [9.17, 15) is 10.1 Å². The fourth-order valence-electron chi connectivity index (χ4n) is 4.07. The van der Waals surface area contributed by atoms with Crippen molar-refractivity contribution in [3.8, 4) is 16.8 Å². The van der Waals surface area contributed by atoms with Gasteiger partial charge in [0, 0.05) is 24.7 Å². The Kier molecular flexibility index (Phi) is 4.18. The van der Waals surface area contributed by atoms with Crippen LogP contribution in [0.3, 0.4) is 0 Å². The summed E-state index contributed by atoms with van der Waals surface area (Å²) in [6.07, 6.45) is 2.44. The van der Waals surface area contributed by atoms with Crippen molar-refractivity contribution in [2.24, 2.45) is 0 Å². The highest BCUT2D eigenvalue weighted by Gasteiger charge is 2.49. The maximum Gasteiger partial charge on any atom is 0.410 e. The van der Waals surface area contributed by atoms with Gasteiger partial charge in [-0.1, -0.05) is 0 Å². The number of carbonyl (C=O) groups excluding carboxylic acids is 1. The molecule has 3 aliphatic rings. The molecule has 6 heterocycles. The first-order valence-corrected chi connectivity index (χ1v) is 10.7. The van der Waals surface area contributed by atoms with Gasteiger partial charge < -0.3 is 9.64 Å². The van der Waals surface area contributed by atoms with Gasteiger partial charge in [-0.15, -0.1) is 16.4 Å². The number of thiazole rings is 1. The Balaban J connectivity index is 1.43. The van der Waals surface area contributed by atoms with E-state index >= 15 is 0 Å². The molecule has 30 heavy (non-hydrogen) atoms. The highest BCUT2D eigenvalue weighted by molar-refractivity contribution is 7.13. The first-order valence-electron chi connectivity index (χ1n) is 9.80. The third-order valence-electron chi connectivity index (χ3n) is 5.33. The van der Waals surface area contributed by atoms with Gasteiger partial charge in [-0.2, -0.15) is 10.2 Å². The van der Waals surface area contributed by atoms with E-state index in [1.165, 1.54) is 11.3 Å². The van der Waals surface area contributed by atoms with E-state index in [1.54, 1.807) is 16.8 Å². The molecule has 1 amide bonds. The Hall–Kier alpha value is -3.19. The van der Waals surface area contributed by atoms with E-state index in [0.29, 0.717) is 30.2 Å². The Morgan fingerprint density at radius 2 is 2.07 bits per heavy atom. The number of hydrogen-bond donors (Lipinski definition) is 0. The topological polar surface area (TPSA) is 99.7 Å². The first-order chi connectivity index (χ1) is 14.3. The van der Waals surface area contributed by atoms with Crippen LogP contribution in [0.2, 0.25) is 0 Å². The summed E-state index contributed by atoms with van der Waals surface area (Å²) in [5, 5.41) is 16.9. The summed E-state index contributed by atoms with van der Waals surface area (Å²) in [6.45, 7) is 6.91. The Labute approximate surface area is 177 Å². The summed E-state index contributed by atoms with van der Waals surface area (Å²) in [7, 11) is 0. The lowest BCUT2D eigenvalue weighted by Crippen LogP contribution is -2.70. The van der Waals surface area contributed by atoms with Crippen molar-refractivity contribution in [3.05, 3.63) is 29.3 Å². The number of fused-ring (bicyclic) bond motifs is 3. The molecule has 0 saturated carbocycles. The van der Waals surface area contributed by atoms with Gasteiger partial charge in [0.05, 0.1) is 17.6 Å². The zero-order chi connectivity index (χ0) is 21.0.